The summed E-state index contributed by atoms with van der Waals surface area (Å²) in [7, 11) is 0. The van der Waals surface area contributed by atoms with Crippen LogP contribution in [0.2, 0.25) is 0 Å². The fraction of sp³-hybridized carbons (Fsp3) is 0.267. The van der Waals surface area contributed by atoms with Gasteiger partial charge in [-0.15, -0.1) is 12.6 Å². The highest BCUT2D eigenvalue weighted by Gasteiger charge is 1.93. The van der Waals surface area contributed by atoms with Gasteiger partial charge in [-0.3, -0.25) is 0 Å². The summed E-state index contributed by atoms with van der Waals surface area (Å²) >= 11 is 4.08. The zero-order chi connectivity index (χ0) is 12.3. The molecule has 2 heteroatoms. The molecule has 0 amide bonds. The van der Waals surface area contributed by atoms with Crippen LogP contribution >= 0.6 is 12.6 Å². The lowest BCUT2D eigenvalue weighted by molar-refractivity contribution is -0.697. The molecule has 0 unspecified atom stereocenters. The number of pyridine rings is 1. The number of aromatic nitrogens is 1. The molecule has 0 radical (unpaired) electrons. The van der Waals surface area contributed by atoms with Gasteiger partial charge in [0.05, 0.1) is 0 Å². The fourth-order valence-electron chi connectivity index (χ4n) is 1.35. The zero-order valence-electron chi connectivity index (χ0n) is 10.3. The molecule has 2 rings (SSSR count). The fourth-order valence-corrected chi connectivity index (χ4v) is 1.52. The molecule has 2 aromatic rings. The van der Waals surface area contributed by atoms with Crippen molar-refractivity contribution >= 4 is 12.6 Å². The highest BCUT2D eigenvalue weighted by atomic mass is 32.1. The molecule has 1 aromatic carbocycles. The Kier molecular flexibility index (Phi) is 7.15. The van der Waals surface area contributed by atoms with E-state index in [-0.39, 0.29) is 0 Å². The van der Waals surface area contributed by atoms with Gasteiger partial charge in [0, 0.05) is 23.4 Å². The monoisotopic (exact) mass is 246 g/mol. The van der Waals surface area contributed by atoms with Gasteiger partial charge in [0.15, 0.2) is 12.4 Å². The van der Waals surface area contributed by atoms with Gasteiger partial charge in [0.25, 0.3) is 0 Å². The van der Waals surface area contributed by atoms with Crippen LogP contribution in [0.5, 0.6) is 0 Å². The van der Waals surface area contributed by atoms with E-state index in [1.165, 1.54) is 12.8 Å². The molecule has 17 heavy (non-hydrogen) atoms. The first kappa shape index (κ1) is 13.8. The quantitative estimate of drug-likeness (QED) is 0.621. The lowest BCUT2D eigenvalue weighted by Crippen LogP contribution is -2.31. The largest absolute Gasteiger partial charge is 0.205 e. The summed E-state index contributed by atoms with van der Waals surface area (Å²) in [6, 6.07) is 16.0. The molecule has 0 N–H and O–H groups in total. The predicted molar refractivity (Wildman–Crippen MR) is 75.2 cm³/mol. The average molecular weight is 246 g/mol. The second-order valence-electron chi connectivity index (χ2n) is 3.80. The van der Waals surface area contributed by atoms with Crippen molar-refractivity contribution in [2.75, 3.05) is 0 Å². The number of hydrogen-bond acceptors (Lipinski definition) is 1. The Labute approximate surface area is 110 Å². The summed E-state index contributed by atoms with van der Waals surface area (Å²) in [5.41, 5.74) is 0. The Hall–Kier alpha value is -1.28. The number of thiol groups is 1. The van der Waals surface area contributed by atoms with Crippen LogP contribution in [0.4, 0.5) is 0 Å². The predicted octanol–water partition coefficient (Wildman–Crippen LogP) is 3.75. The van der Waals surface area contributed by atoms with E-state index in [2.05, 4.69) is 48.6 Å². The summed E-state index contributed by atoms with van der Waals surface area (Å²) in [6.45, 7) is 3.36. The molecule has 0 saturated carbocycles. The highest BCUT2D eigenvalue weighted by molar-refractivity contribution is 7.80. The Morgan fingerprint density at radius 2 is 1.53 bits per heavy atom. The van der Waals surface area contributed by atoms with Crippen LogP contribution in [0.15, 0.2) is 65.8 Å². The molecule has 0 bridgehead atoms. The van der Waals surface area contributed by atoms with Crippen molar-refractivity contribution in [2.45, 2.75) is 31.2 Å². The van der Waals surface area contributed by atoms with Crippen molar-refractivity contribution in [1.29, 1.82) is 0 Å². The molecule has 0 saturated heterocycles. The minimum absolute atomic E-state index is 1.02. The van der Waals surface area contributed by atoms with E-state index in [0.29, 0.717) is 0 Å². The maximum atomic E-state index is 4.08. The van der Waals surface area contributed by atoms with Crippen molar-refractivity contribution < 1.29 is 4.57 Å². The molecule has 0 atom stereocenters. The Bertz CT molecular complexity index is 386. The second kappa shape index (κ2) is 8.82. The SMILES string of the molecule is CCCC[n+]1ccccc1.Sc1ccccc1. The third-order valence-corrected chi connectivity index (χ3v) is 2.60. The summed E-state index contributed by atoms with van der Waals surface area (Å²) in [5.74, 6) is 0. The Morgan fingerprint density at radius 1 is 0.941 bits per heavy atom. The van der Waals surface area contributed by atoms with E-state index >= 15 is 0 Å². The first-order valence-corrected chi connectivity index (χ1v) is 6.45. The minimum Gasteiger partial charge on any atom is -0.205 e. The molecule has 1 aromatic heterocycles. The zero-order valence-corrected chi connectivity index (χ0v) is 11.2. The maximum absolute atomic E-state index is 4.08. The van der Waals surface area contributed by atoms with Crippen LogP contribution in [-0.4, -0.2) is 0 Å². The maximum Gasteiger partial charge on any atom is 0.168 e. The molecule has 1 nitrogen and oxygen atoms in total. The van der Waals surface area contributed by atoms with E-state index in [1.807, 2.05) is 36.4 Å². The standard InChI is InChI=1S/C9H14N.C6H6S/c1-2-3-7-10-8-5-4-6-9-10;7-6-4-2-1-3-5-6/h4-6,8-9H,2-3,7H2,1H3;1-5,7H/q+1;. The highest BCUT2D eigenvalue weighted by Crippen LogP contribution is 2.00. The Morgan fingerprint density at radius 3 is 2.00 bits per heavy atom. The van der Waals surface area contributed by atoms with Crippen molar-refractivity contribution in [3.05, 3.63) is 60.9 Å². The van der Waals surface area contributed by atoms with Crippen LogP contribution in [0.1, 0.15) is 19.8 Å². The van der Waals surface area contributed by atoms with Gasteiger partial charge in [-0.05, 0) is 12.1 Å². The lowest BCUT2D eigenvalue weighted by Gasteiger charge is -1.91. The average Bonchev–Trinajstić information content (AvgIpc) is 2.39. The second-order valence-corrected chi connectivity index (χ2v) is 4.32. The van der Waals surface area contributed by atoms with E-state index in [9.17, 15) is 0 Å². The lowest BCUT2D eigenvalue weighted by atomic mass is 10.3. The molecule has 90 valence electrons. The van der Waals surface area contributed by atoms with Crippen molar-refractivity contribution in [3.63, 3.8) is 0 Å². The first-order chi connectivity index (χ1) is 8.33. The smallest absolute Gasteiger partial charge is 0.168 e. The van der Waals surface area contributed by atoms with Crippen LogP contribution in [0, 0.1) is 0 Å². The normalized spacial score (nSPS) is 9.29. The number of unbranched alkanes of at least 4 members (excludes halogenated alkanes) is 1. The summed E-state index contributed by atoms with van der Waals surface area (Å²) in [6.07, 6.45) is 6.75. The van der Waals surface area contributed by atoms with E-state index in [4.69, 9.17) is 0 Å². The molecule has 0 aliphatic heterocycles. The summed E-state index contributed by atoms with van der Waals surface area (Å²) in [4.78, 5) is 1.02. The molecule has 1 heterocycles. The van der Waals surface area contributed by atoms with Gasteiger partial charge in [0.2, 0.25) is 0 Å². The van der Waals surface area contributed by atoms with Crippen LogP contribution < -0.4 is 4.57 Å². The topological polar surface area (TPSA) is 3.88 Å². The number of nitrogens with zero attached hydrogens (tertiary/aromatic N) is 1. The molecule has 0 aliphatic carbocycles. The third-order valence-electron chi connectivity index (χ3n) is 2.30. The van der Waals surface area contributed by atoms with Crippen LogP contribution in [-0.2, 0) is 6.54 Å². The number of benzene rings is 1. The number of aryl methyl sites for hydroxylation is 1. The number of rotatable bonds is 3. The van der Waals surface area contributed by atoms with Gasteiger partial charge in [-0.1, -0.05) is 37.6 Å². The van der Waals surface area contributed by atoms with Crippen molar-refractivity contribution in [2.24, 2.45) is 0 Å². The minimum atomic E-state index is 1.02. The number of hydrogen-bond donors (Lipinski definition) is 1. The third kappa shape index (κ3) is 6.80. The summed E-state index contributed by atoms with van der Waals surface area (Å²) < 4.78 is 2.21. The van der Waals surface area contributed by atoms with Crippen molar-refractivity contribution in [3.8, 4) is 0 Å². The molecule has 0 spiro atoms. The van der Waals surface area contributed by atoms with Gasteiger partial charge in [-0.2, -0.15) is 0 Å². The van der Waals surface area contributed by atoms with E-state index < -0.39 is 0 Å². The van der Waals surface area contributed by atoms with Crippen molar-refractivity contribution in [1.82, 2.24) is 0 Å². The van der Waals surface area contributed by atoms with Gasteiger partial charge < -0.3 is 0 Å². The Balaban J connectivity index is 0.000000181. The first-order valence-electron chi connectivity index (χ1n) is 6.01. The van der Waals surface area contributed by atoms with Gasteiger partial charge >= 0.3 is 0 Å². The van der Waals surface area contributed by atoms with Crippen LogP contribution in [0.25, 0.3) is 0 Å². The molecule has 0 aliphatic rings. The molecule has 0 fully saturated rings. The molecular weight excluding hydrogens is 226 g/mol. The van der Waals surface area contributed by atoms with Gasteiger partial charge in [0.1, 0.15) is 6.54 Å². The van der Waals surface area contributed by atoms with E-state index in [1.54, 1.807) is 0 Å². The summed E-state index contributed by atoms with van der Waals surface area (Å²) in [5, 5.41) is 0. The molecular formula is C15H20NS+. The van der Waals surface area contributed by atoms with Gasteiger partial charge in [-0.25, -0.2) is 4.57 Å². The van der Waals surface area contributed by atoms with Crippen LogP contribution in [0.3, 0.4) is 0 Å². The van der Waals surface area contributed by atoms with E-state index in [0.717, 1.165) is 11.4 Å².